The van der Waals surface area contributed by atoms with E-state index in [1.807, 2.05) is 18.2 Å². The van der Waals surface area contributed by atoms with Gasteiger partial charge in [-0.15, -0.1) is 11.8 Å². The first kappa shape index (κ1) is 20.4. The quantitative estimate of drug-likeness (QED) is 0.728. The molecule has 2 atom stereocenters. The molecule has 1 saturated heterocycles. The van der Waals surface area contributed by atoms with Crippen LogP contribution in [0.25, 0.3) is 0 Å². The van der Waals surface area contributed by atoms with Crippen molar-refractivity contribution in [3.8, 4) is 11.5 Å². The van der Waals surface area contributed by atoms with Gasteiger partial charge in [-0.1, -0.05) is 13.8 Å². The summed E-state index contributed by atoms with van der Waals surface area (Å²) in [5.41, 5.74) is 0.850. The van der Waals surface area contributed by atoms with Gasteiger partial charge in [0.15, 0.2) is 0 Å². The van der Waals surface area contributed by atoms with Crippen LogP contribution in [0.4, 0.5) is 0 Å². The zero-order chi connectivity index (χ0) is 19.4. The summed E-state index contributed by atoms with van der Waals surface area (Å²) in [6.45, 7) is 4.12. The van der Waals surface area contributed by atoms with Gasteiger partial charge in [0, 0.05) is 19.7 Å². The molecule has 6 nitrogen and oxygen atoms in total. The van der Waals surface area contributed by atoms with Crippen molar-refractivity contribution in [1.82, 2.24) is 9.80 Å². The Morgan fingerprint density at radius 2 is 2.00 bits per heavy atom. The Morgan fingerprint density at radius 3 is 2.54 bits per heavy atom. The molecule has 1 aromatic rings. The van der Waals surface area contributed by atoms with Crippen molar-refractivity contribution in [2.75, 3.05) is 34.1 Å². The molecule has 0 spiro atoms. The molecule has 0 aromatic heterocycles. The van der Waals surface area contributed by atoms with Crippen LogP contribution in [0.2, 0.25) is 0 Å². The molecule has 0 bridgehead atoms. The highest BCUT2D eigenvalue weighted by Gasteiger charge is 2.42. The van der Waals surface area contributed by atoms with Crippen LogP contribution in [0, 0.1) is 5.92 Å². The summed E-state index contributed by atoms with van der Waals surface area (Å²) in [7, 11) is 6.66. The van der Waals surface area contributed by atoms with Crippen molar-refractivity contribution in [3.05, 3.63) is 23.8 Å². The fraction of sp³-hybridized carbons (Fsp3) is 0.579. The normalized spacial score (nSPS) is 18.2. The molecule has 0 aliphatic carbocycles. The summed E-state index contributed by atoms with van der Waals surface area (Å²) in [6.07, 6.45) is 0.617. The Balaban J connectivity index is 2.48. The minimum Gasteiger partial charge on any atom is -0.497 e. The van der Waals surface area contributed by atoms with Crippen LogP contribution in [0.15, 0.2) is 18.2 Å². The number of likely N-dealkylation sites (N-methyl/N-ethyl adjacent to an activating group) is 1. The second-order valence-electron chi connectivity index (χ2n) is 6.95. The highest BCUT2D eigenvalue weighted by Crippen LogP contribution is 2.45. The van der Waals surface area contributed by atoms with Gasteiger partial charge < -0.3 is 19.3 Å². The smallest absolute Gasteiger partial charge is 0.244 e. The van der Waals surface area contributed by atoms with Crippen molar-refractivity contribution < 1.29 is 19.1 Å². The van der Waals surface area contributed by atoms with Crippen LogP contribution in [0.5, 0.6) is 11.5 Å². The van der Waals surface area contributed by atoms with Crippen LogP contribution in [0.3, 0.4) is 0 Å². The predicted molar refractivity (Wildman–Crippen MR) is 104 cm³/mol. The van der Waals surface area contributed by atoms with Gasteiger partial charge >= 0.3 is 0 Å². The van der Waals surface area contributed by atoms with E-state index in [9.17, 15) is 9.59 Å². The Kier molecular flexibility index (Phi) is 6.81. The number of nitrogens with zero attached hydrogens (tertiary/aromatic N) is 2. The fourth-order valence-electron chi connectivity index (χ4n) is 3.12. The van der Waals surface area contributed by atoms with Gasteiger partial charge in [0.2, 0.25) is 11.8 Å². The van der Waals surface area contributed by atoms with Crippen molar-refractivity contribution in [2.24, 2.45) is 5.92 Å². The van der Waals surface area contributed by atoms with Crippen LogP contribution in [0.1, 0.15) is 31.2 Å². The first-order chi connectivity index (χ1) is 12.3. The molecule has 1 aromatic carbocycles. The molecule has 1 heterocycles. The molecular formula is C19H28N2O4S. The number of thioether (sulfide) groups is 1. The van der Waals surface area contributed by atoms with Crippen LogP contribution < -0.4 is 9.47 Å². The molecule has 26 heavy (non-hydrogen) atoms. The molecular weight excluding hydrogens is 352 g/mol. The zero-order valence-corrected chi connectivity index (χ0v) is 17.1. The van der Waals surface area contributed by atoms with E-state index in [1.54, 1.807) is 38.1 Å². The van der Waals surface area contributed by atoms with E-state index in [0.29, 0.717) is 23.7 Å². The Labute approximate surface area is 159 Å². The summed E-state index contributed by atoms with van der Waals surface area (Å²) in [5, 5.41) is -0.278. The molecule has 0 saturated carbocycles. The average molecular weight is 381 g/mol. The largest absolute Gasteiger partial charge is 0.497 e. The second kappa shape index (κ2) is 8.66. The van der Waals surface area contributed by atoms with Crippen LogP contribution >= 0.6 is 11.8 Å². The molecule has 144 valence electrons. The molecule has 0 N–H and O–H groups in total. The van der Waals surface area contributed by atoms with Gasteiger partial charge in [0.05, 0.1) is 20.0 Å². The van der Waals surface area contributed by atoms with Crippen molar-refractivity contribution in [3.63, 3.8) is 0 Å². The maximum Gasteiger partial charge on any atom is 0.244 e. The first-order valence-electron chi connectivity index (χ1n) is 8.66. The lowest BCUT2D eigenvalue weighted by atomic mass is 10.00. The molecule has 1 fully saturated rings. The Morgan fingerprint density at radius 1 is 1.31 bits per heavy atom. The number of ether oxygens (including phenoxy) is 2. The van der Waals surface area contributed by atoms with E-state index in [0.717, 1.165) is 5.56 Å². The number of carbonyl (C=O) groups is 2. The van der Waals surface area contributed by atoms with Crippen LogP contribution in [-0.4, -0.2) is 61.7 Å². The van der Waals surface area contributed by atoms with Crippen molar-refractivity contribution >= 4 is 23.6 Å². The fourth-order valence-corrected chi connectivity index (χ4v) is 4.36. The third-order valence-corrected chi connectivity index (χ3v) is 5.57. The van der Waals surface area contributed by atoms with Gasteiger partial charge in [-0.2, -0.15) is 0 Å². The van der Waals surface area contributed by atoms with E-state index < -0.39 is 6.04 Å². The van der Waals surface area contributed by atoms with Gasteiger partial charge in [-0.3, -0.25) is 9.59 Å². The van der Waals surface area contributed by atoms with E-state index in [2.05, 4.69) is 13.8 Å². The SMILES string of the molecule is COc1ccc(OC)c([C@H]2SCC(=O)N2[C@H](CC(C)C)C(=O)N(C)C)c1. The predicted octanol–water partition coefficient (Wildman–Crippen LogP) is 2.78. The molecule has 2 amide bonds. The molecule has 0 radical (unpaired) electrons. The lowest BCUT2D eigenvalue weighted by molar-refractivity contribution is -0.143. The third-order valence-electron chi connectivity index (χ3n) is 4.36. The third kappa shape index (κ3) is 4.26. The number of amides is 2. The van der Waals surface area contributed by atoms with Gasteiger partial charge in [-0.05, 0) is 30.5 Å². The number of carbonyl (C=O) groups excluding carboxylic acids is 2. The highest BCUT2D eigenvalue weighted by molar-refractivity contribution is 8.00. The number of hydrogen-bond acceptors (Lipinski definition) is 5. The number of methoxy groups -OCH3 is 2. The second-order valence-corrected chi connectivity index (χ2v) is 8.02. The Bertz CT molecular complexity index is 663. The zero-order valence-electron chi connectivity index (χ0n) is 16.3. The van der Waals surface area contributed by atoms with Crippen LogP contribution in [-0.2, 0) is 9.59 Å². The summed E-state index contributed by atoms with van der Waals surface area (Å²) in [5.74, 6) is 1.94. The van der Waals surface area contributed by atoms with Gasteiger partial charge in [-0.25, -0.2) is 0 Å². The van der Waals surface area contributed by atoms with Crippen molar-refractivity contribution in [2.45, 2.75) is 31.7 Å². The van der Waals surface area contributed by atoms with E-state index in [1.165, 1.54) is 11.8 Å². The lowest BCUT2D eigenvalue weighted by Gasteiger charge is -2.34. The molecule has 7 heteroatoms. The summed E-state index contributed by atoms with van der Waals surface area (Å²) < 4.78 is 10.9. The minimum absolute atomic E-state index is 0.0225. The van der Waals surface area contributed by atoms with E-state index >= 15 is 0 Å². The highest BCUT2D eigenvalue weighted by atomic mass is 32.2. The molecule has 2 rings (SSSR count). The summed E-state index contributed by atoms with van der Waals surface area (Å²) >= 11 is 1.52. The standard InChI is InChI=1S/C19H28N2O4S/c1-12(2)9-15(18(23)20(3)4)21-17(22)11-26-19(21)14-10-13(24-5)7-8-16(14)25-6/h7-8,10,12,15,19H,9,11H2,1-6H3/t15-,19-/m1/s1. The molecule has 1 aliphatic rings. The van der Waals surface area contributed by atoms with E-state index in [4.69, 9.17) is 9.47 Å². The van der Waals surface area contributed by atoms with E-state index in [-0.39, 0.29) is 23.1 Å². The number of rotatable bonds is 7. The monoisotopic (exact) mass is 380 g/mol. The number of benzene rings is 1. The first-order valence-corrected chi connectivity index (χ1v) is 9.70. The average Bonchev–Trinajstić information content (AvgIpc) is 2.99. The maximum absolute atomic E-state index is 12.8. The molecule has 1 aliphatic heterocycles. The van der Waals surface area contributed by atoms with Crippen molar-refractivity contribution in [1.29, 1.82) is 0 Å². The number of hydrogen-bond donors (Lipinski definition) is 0. The topological polar surface area (TPSA) is 59.1 Å². The Hall–Kier alpha value is -1.89. The van der Waals surface area contributed by atoms with Gasteiger partial charge in [0.25, 0.3) is 0 Å². The lowest BCUT2D eigenvalue weighted by Crippen LogP contribution is -2.48. The summed E-state index contributed by atoms with van der Waals surface area (Å²) in [6, 6.07) is 5.05. The summed E-state index contributed by atoms with van der Waals surface area (Å²) in [4.78, 5) is 28.8. The maximum atomic E-state index is 12.8. The minimum atomic E-state index is -0.492. The molecule has 0 unspecified atom stereocenters. The van der Waals surface area contributed by atoms with Gasteiger partial charge in [0.1, 0.15) is 22.9 Å².